The van der Waals surface area contributed by atoms with E-state index in [0.29, 0.717) is 28.1 Å². The molecule has 1 amide bonds. The minimum Gasteiger partial charge on any atom is -0.491 e. The van der Waals surface area contributed by atoms with Crippen molar-refractivity contribution in [3.05, 3.63) is 82.3 Å². The highest BCUT2D eigenvalue weighted by Gasteiger charge is 2.17. The molecule has 0 fully saturated rings. The molecule has 0 aromatic heterocycles. The molecule has 0 aliphatic rings. The van der Waals surface area contributed by atoms with Gasteiger partial charge >= 0.3 is 5.97 Å². The lowest BCUT2D eigenvalue weighted by atomic mass is 9.99. The number of halogens is 2. The molecule has 2 unspecified atom stereocenters. The lowest BCUT2D eigenvalue weighted by molar-refractivity contribution is -0.136. The van der Waals surface area contributed by atoms with Gasteiger partial charge in [0, 0.05) is 33.4 Å². The third-order valence-corrected chi connectivity index (χ3v) is 6.53. The van der Waals surface area contributed by atoms with Crippen LogP contribution in [-0.2, 0) is 4.79 Å². The molecule has 0 saturated carbocycles. The Hall–Kier alpha value is -3.22. The Morgan fingerprint density at radius 1 is 1.00 bits per heavy atom. The predicted octanol–water partition coefficient (Wildman–Crippen LogP) is 6.77. The Labute approximate surface area is 221 Å². The normalized spacial score (nSPS) is 12.4. The topological polar surface area (TPSA) is 87.7 Å². The monoisotopic (exact) mass is 528 g/mol. The highest BCUT2D eigenvalue weighted by Crippen LogP contribution is 2.31. The van der Waals surface area contributed by atoms with E-state index in [0.717, 1.165) is 29.0 Å². The number of carbonyl (C=O) groups excluding carboxylic acids is 1. The van der Waals surface area contributed by atoms with Crippen LogP contribution in [0.2, 0.25) is 10.0 Å². The van der Waals surface area contributed by atoms with E-state index in [9.17, 15) is 9.59 Å². The first-order chi connectivity index (χ1) is 17.3. The molecule has 3 aromatic rings. The molecule has 0 spiro atoms. The van der Waals surface area contributed by atoms with Crippen LogP contribution in [0.25, 0.3) is 11.1 Å². The molecule has 8 heteroatoms. The molecule has 3 rings (SSSR count). The lowest BCUT2D eigenvalue weighted by Gasteiger charge is -2.25. The zero-order chi connectivity index (χ0) is 26.1. The first-order valence-electron chi connectivity index (χ1n) is 11.8. The van der Waals surface area contributed by atoms with Crippen molar-refractivity contribution in [2.75, 3.05) is 18.5 Å². The van der Waals surface area contributed by atoms with Crippen LogP contribution in [0.3, 0.4) is 0 Å². The summed E-state index contributed by atoms with van der Waals surface area (Å²) < 4.78 is 6.10. The number of anilines is 1. The summed E-state index contributed by atoms with van der Waals surface area (Å²) >= 11 is 12.3. The van der Waals surface area contributed by atoms with E-state index < -0.39 is 5.97 Å². The second-order valence-corrected chi connectivity index (χ2v) is 9.42. The van der Waals surface area contributed by atoms with E-state index in [2.05, 4.69) is 24.5 Å². The molecule has 190 valence electrons. The zero-order valence-electron chi connectivity index (χ0n) is 20.3. The van der Waals surface area contributed by atoms with Crippen molar-refractivity contribution in [3.63, 3.8) is 0 Å². The number of carbonyl (C=O) groups is 2. The zero-order valence-corrected chi connectivity index (χ0v) is 21.8. The Morgan fingerprint density at radius 3 is 2.31 bits per heavy atom. The summed E-state index contributed by atoms with van der Waals surface area (Å²) in [5.74, 6) is -0.147. The van der Waals surface area contributed by atoms with Gasteiger partial charge in [-0.1, -0.05) is 61.7 Å². The third kappa shape index (κ3) is 7.90. The number of carboxylic acids is 1. The van der Waals surface area contributed by atoms with Gasteiger partial charge in [-0.15, -0.1) is 0 Å². The SMILES string of the molecule is CCC(C)C(COc1ccc(-c2ccc(Cl)cc2Cl)cc1)Nc1ccc(C(=O)NCCC(=O)O)cc1. The number of rotatable bonds is 12. The van der Waals surface area contributed by atoms with Crippen LogP contribution >= 0.6 is 23.2 Å². The van der Waals surface area contributed by atoms with Crippen LogP contribution in [0.15, 0.2) is 66.7 Å². The van der Waals surface area contributed by atoms with E-state index in [-0.39, 0.29) is 24.9 Å². The van der Waals surface area contributed by atoms with Crippen molar-refractivity contribution in [3.8, 4) is 16.9 Å². The number of hydrogen-bond donors (Lipinski definition) is 3. The molecule has 2 atom stereocenters. The molecule has 3 N–H and O–H groups in total. The molecule has 0 aliphatic heterocycles. The summed E-state index contributed by atoms with van der Waals surface area (Å²) in [5, 5.41) is 16.0. The molecule has 0 heterocycles. The second-order valence-electron chi connectivity index (χ2n) is 8.57. The van der Waals surface area contributed by atoms with Crippen LogP contribution in [0.4, 0.5) is 5.69 Å². The average molecular weight is 529 g/mol. The maximum Gasteiger partial charge on any atom is 0.305 e. The molecular weight excluding hydrogens is 499 g/mol. The van der Waals surface area contributed by atoms with Gasteiger partial charge in [0.25, 0.3) is 5.91 Å². The average Bonchev–Trinajstić information content (AvgIpc) is 2.86. The van der Waals surface area contributed by atoms with Gasteiger partial charge in [0.15, 0.2) is 0 Å². The molecule has 36 heavy (non-hydrogen) atoms. The smallest absolute Gasteiger partial charge is 0.305 e. The summed E-state index contributed by atoms with van der Waals surface area (Å²) in [7, 11) is 0. The van der Waals surface area contributed by atoms with Gasteiger partial charge in [-0.3, -0.25) is 9.59 Å². The summed E-state index contributed by atoms with van der Waals surface area (Å²) in [6.45, 7) is 4.86. The summed E-state index contributed by atoms with van der Waals surface area (Å²) in [4.78, 5) is 22.8. The van der Waals surface area contributed by atoms with Crippen LogP contribution in [0.1, 0.15) is 37.0 Å². The van der Waals surface area contributed by atoms with Gasteiger partial charge < -0.3 is 20.5 Å². The highest BCUT2D eigenvalue weighted by atomic mass is 35.5. The van der Waals surface area contributed by atoms with E-state index in [4.69, 9.17) is 33.0 Å². The standard InChI is InChI=1S/C28H30Cl2N2O4/c1-3-18(2)26(32-22-9-4-20(5-10-22)28(35)31-15-14-27(33)34)17-36-23-11-6-19(7-12-23)24-13-8-21(29)16-25(24)30/h4-13,16,18,26,32H,3,14-15,17H2,1-2H3,(H,31,35)(H,33,34). The number of carboxylic acid groups (broad SMARTS) is 1. The number of nitrogens with one attached hydrogen (secondary N) is 2. The van der Waals surface area contributed by atoms with Gasteiger partial charge in [0.05, 0.1) is 12.5 Å². The quantitative estimate of drug-likeness (QED) is 0.241. The molecule has 0 aliphatic carbocycles. The first-order valence-corrected chi connectivity index (χ1v) is 12.6. The van der Waals surface area contributed by atoms with Gasteiger partial charge in [-0.25, -0.2) is 0 Å². The summed E-state index contributed by atoms with van der Waals surface area (Å²) in [5.41, 5.74) is 3.24. The minimum atomic E-state index is -0.949. The van der Waals surface area contributed by atoms with Crippen molar-refractivity contribution in [2.24, 2.45) is 5.92 Å². The first kappa shape index (κ1) is 27.4. The number of aliphatic carboxylic acids is 1. The van der Waals surface area contributed by atoms with Crippen LogP contribution in [0, 0.1) is 5.92 Å². The van der Waals surface area contributed by atoms with E-state index >= 15 is 0 Å². The largest absolute Gasteiger partial charge is 0.491 e. The summed E-state index contributed by atoms with van der Waals surface area (Å²) in [6, 6.07) is 20.4. The third-order valence-electron chi connectivity index (χ3n) is 5.98. The van der Waals surface area contributed by atoms with Crippen LogP contribution < -0.4 is 15.4 Å². The minimum absolute atomic E-state index is 0.0515. The summed E-state index contributed by atoms with van der Waals surface area (Å²) in [6.07, 6.45) is 0.860. The molecule has 0 bridgehead atoms. The van der Waals surface area contributed by atoms with Gasteiger partial charge in [0.2, 0.25) is 0 Å². The second kappa shape index (κ2) is 13.2. The lowest BCUT2D eigenvalue weighted by Crippen LogP contribution is -2.33. The van der Waals surface area contributed by atoms with E-state index in [1.54, 1.807) is 18.2 Å². The maximum absolute atomic E-state index is 12.2. The number of benzene rings is 3. The Kier molecular flexibility index (Phi) is 10.0. The molecule has 0 saturated heterocycles. The number of ether oxygens (including phenoxy) is 1. The Bertz CT molecular complexity index is 1170. The fraction of sp³-hybridized carbons (Fsp3) is 0.286. The predicted molar refractivity (Wildman–Crippen MR) is 145 cm³/mol. The van der Waals surface area contributed by atoms with Crippen molar-refractivity contribution in [1.29, 1.82) is 0 Å². The number of amides is 1. The van der Waals surface area contributed by atoms with E-state index in [1.807, 2.05) is 48.5 Å². The molecule has 6 nitrogen and oxygen atoms in total. The van der Waals surface area contributed by atoms with Crippen molar-refractivity contribution in [1.82, 2.24) is 5.32 Å². The maximum atomic E-state index is 12.2. The fourth-order valence-corrected chi connectivity index (χ4v) is 4.11. The highest BCUT2D eigenvalue weighted by molar-refractivity contribution is 6.36. The molecule has 0 radical (unpaired) electrons. The van der Waals surface area contributed by atoms with Crippen LogP contribution in [0.5, 0.6) is 5.75 Å². The molecular formula is C28H30Cl2N2O4. The number of hydrogen-bond acceptors (Lipinski definition) is 4. The van der Waals surface area contributed by atoms with E-state index in [1.165, 1.54) is 0 Å². The van der Waals surface area contributed by atoms with Gasteiger partial charge in [-0.2, -0.15) is 0 Å². The van der Waals surface area contributed by atoms with Gasteiger partial charge in [-0.05, 0) is 60.0 Å². The van der Waals surface area contributed by atoms with Crippen molar-refractivity contribution in [2.45, 2.75) is 32.7 Å². The van der Waals surface area contributed by atoms with Gasteiger partial charge in [0.1, 0.15) is 12.4 Å². The Morgan fingerprint density at radius 2 is 1.69 bits per heavy atom. The Balaban J connectivity index is 1.60. The van der Waals surface area contributed by atoms with Crippen molar-refractivity contribution < 1.29 is 19.4 Å². The van der Waals surface area contributed by atoms with Crippen LogP contribution in [-0.4, -0.2) is 36.2 Å². The van der Waals surface area contributed by atoms with Crippen molar-refractivity contribution >= 4 is 40.8 Å². The molecule has 3 aromatic carbocycles. The fourth-order valence-electron chi connectivity index (χ4n) is 3.59.